The lowest BCUT2D eigenvalue weighted by atomic mass is 9.80. The van der Waals surface area contributed by atoms with E-state index in [2.05, 4.69) is 28.4 Å². The van der Waals surface area contributed by atoms with Crippen LogP contribution in [0.5, 0.6) is 0 Å². The SMILES string of the molecule is CCOC(=O)C1(COC)CCCN(Cc2cccc3c2NCC3)C1.Cl. The van der Waals surface area contributed by atoms with Crippen LogP contribution in [0, 0.1) is 5.41 Å². The van der Waals surface area contributed by atoms with Gasteiger partial charge in [0.25, 0.3) is 0 Å². The highest BCUT2D eigenvalue weighted by Gasteiger charge is 2.43. The van der Waals surface area contributed by atoms with Crippen LogP contribution in [0.2, 0.25) is 0 Å². The maximum Gasteiger partial charge on any atom is 0.315 e. The van der Waals surface area contributed by atoms with Gasteiger partial charge in [-0.3, -0.25) is 9.69 Å². The van der Waals surface area contributed by atoms with Crippen LogP contribution in [0.15, 0.2) is 18.2 Å². The molecule has 25 heavy (non-hydrogen) atoms. The van der Waals surface area contributed by atoms with Crippen LogP contribution in [0.1, 0.15) is 30.9 Å². The number of halogens is 1. The van der Waals surface area contributed by atoms with Crippen molar-refractivity contribution >= 4 is 24.1 Å². The zero-order chi connectivity index (χ0) is 17.0. The predicted octanol–water partition coefficient (Wildman–Crippen LogP) is 2.87. The molecule has 1 aromatic rings. The molecule has 0 saturated carbocycles. The summed E-state index contributed by atoms with van der Waals surface area (Å²) >= 11 is 0. The van der Waals surface area contributed by atoms with E-state index in [0.29, 0.717) is 19.8 Å². The van der Waals surface area contributed by atoms with Crippen LogP contribution < -0.4 is 5.32 Å². The first-order chi connectivity index (χ1) is 11.7. The van der Waals surface area contributed by atoms with Gasteiger partial charge < -0.3 is 14.8 Å². The first-order valence-corrected chi connectivity index (χ1v) is 8.91. The lowest BCUT2D eigenvalue weighted by Gasteiger charge is -2.40. The summed E-state index contributed by atoms with van der Waals surface area (Å²) in [5, 5.41) is 3.50. The molecular weight excluding hydrogens is 340 g/mol. The fraction of sp³-hybridized carbons (Fsp3) is 0.632. The maximum atomic E-state index is 12.6. The lowest BCUT2D eigenvalue weighted by Crippen LogP contribution is -2.50. The van der Waals surface area contributed by atoms with E-state index in [1.807, 2.05) is 6.92 Å². The highest BCUT2D eigenvalue weighted by molar-refractivity contribution is 5.85. The van der Waals surface area contributed by atoms with Gasteiger partial charge in [-0.25, -0.2) is 0 Å². The summed E-state index contributed by atoms with van der Waals surface area (Å²) in [5.74, 6) is -0.118. The normalized spacial score (nSPS) is 22.6. The number of rotatable bonds is 6. The zero-order valence-electron chi connectivity index (χ0n) is 15.2. The number of methoxy groups -OCH3 is 1. The van der Waals surface area contributed by atoms with E-state index in [1.165, 1.54) is 16.8 Å². The molecule has 1 aromatic carbocycles. The number of nitrogens with zero attached hydrogens (tertiary/aromatic N) is 1. The standard InChI is InChI=1S/C19H28N2O3.ClH/c1-3-24-18(22)19(14-23-2)9-5-11-21(13-19)12-16-7-4-6-15-8-10-20-17(15)16;/h4,6-7,20H,3,5,8-14H2,1-2H3;1H. The van der Waals surface area contributed by atoms with Gasteiger partial charge in [0.2, 0.25) is 0 Å². The fourth-order valence-corrected chi connectivity index (χ4v) is 4.05. The van der Waals surface area contributed by atoms with Gasteiger partial charge in [-0.1, -0.05) is 18.2 Å². The molecule has 1 atom stereocenters. The Balaban J connectivity index is 0.00000225. The minimum atomic E-state index is -0.533. The average molecular weight is 369 g/mol. The number of piperidine rings is 1. The largest absolute Gasteiger partial charge is 0.465 e. The van der Waals surface area contributed by atoms with Crippen molar-refractivity contribution in [2.24, 2.45) is 5.41 Å². The number of ether oxygens (including phenoxy) is 2. The molecule has 0 aromatic heterocycles. The first-order valence-electron chi connectivity index (χ1n) is 8.91. The Bertz CT molecular complexity index is 592. The summed E-state index contributed by atoms with van der Waals surface area (Å²) in [4.78, 5) is 14.9. The minimum Gasteiger partial charge on any atom is -0.465 e. The number of hydrogen-bond acceptors (Lipinski definition) is 5. The van der Waals surface area contributed by atoms with E-state index in [-0.39, 0.29) is 18.4 Å². The van der Waals surface area contributed by atoms with Crippen LogP contribution >= 0.6 is 12.4 Å². The second-order valence-corrected chi connectivity index (χ2v) is 6.88. The lowest BCUT2D eigenvalue weighted by molar-refractivity contribution is -0.163. The van der Waals surface area contributed by atoms with Gasteiger partial charge in [-0.05, 0) is 43.9 Å². The van der Waals surface area contributed by atoms with Crippen LogP contribution in [-0.4, -0.2) is 50.8 Å². The van der Waals surface area contributed by atoms with Crippen molar-refractivity contribution in [1.82, 2.24) is 4.90 Å². The maximum absolute atomic E-state index is 12.6. The Hall–Kier alpha value is -1.30. The van der Waals surface area contributed by atoms with Gasteiger partial charge in [0.05, 0.1) is 13.2 Å². The molecule has 140 valence electrons. The zero-order valence-corrected chi connectivity index (χ0v) is 16.0. The van der Waals surface area contributed by atoms with Gasteiger partial charge in [0, 0.05) is 32.4 Å². The molecule has 1 unspecified atom stereocenters. The van der Waals surface area contributed by atoms with Crippen molar-refractivity contribution in [2.75, 3.05) is 45.3 Å². The number of hydrogen-bond donors (Lipinski definition) is 1. The second-order valence-electron chi connectivity index (χ2n) is 6.88. The summed E-state index contributed by atoms with van der Waals surface area (Å²) in [7, 11) is 1.66. The van der Waals surface area contributed by atoms with E-state index >= 15 is 0 Å². The Labute approximate surface area is 156 Å². The number of para-hydroxylation sites is 1. The smallest absolute Gasteiger partial charge is 0.315 e. The Morgan fingerprint density at radius 3 is 3.00 bits per heavy atom. The monoisotopic (exact) mass is 368 g/mol. The summed E-state index contributed by atoms with van der Waals surface area (Å²) in [5.41, 5.74) is 3.48. The van der Waals surface area contributed by atoms with Crippen LogP contribution in [-0.2, 0) is 27.2 Å². The van der Waals surface area contributed by atoms with Crippen molar-refractivity contribution in [3.8, 4) is 0 Å². The third-order valence-corrected chi connectivity index (χ3v) is 5.11. The Morgan fingerprint density at radius 2 is 2.24 bits per heavy atom. The van der Waals surface area contributed by atoms with Crippen molar-refractivity contribution in [1.29, 1.82) is 0 Å². The number of anilines is 1. The number of carbonyl (C=O) groups is 1. The molecule has 6 heteroatoms. The quantitative estimate of drug-likeness (QED) is 0.782. The molecule has 2 aliphatic heterocycles. The topological polar surface area (TPSA) is 50.8 Å². The number of carbonyl (C=O) groups excluding carboxylic acids is 1. The molecule has 1 N–H and O–H groups in total. The molecule has 0 amide bonds. The van der Waals surface area contributed by atoms with E-state index < -0.39 is 5.41 Å². The van der Waals surface area contributed by atoms with E-state index in [1.54, 1.807) is 7.11 Å². The summed E-state index contributed by atoms with van der Waals surface area (Å²) in [6.45, 7) is 6.29. The first kappa shape index (κ1) is 20.0. The van der Waals surface area contributed by atoms with Crippen molar-refractivity contribution in [2.45, 2.75) is 32.7 Å². The molecule has 0 aliphatic carbocycles. The molecule has 1 saturated heterocycles. The van der Waals surface area contributed by atoms with Crippen LogP contribution in [0.3, 0.4) is 0 Å². The van der Waals surface area contributed by atoms with E-state index in [0.717, 1.165) is 38.9 Å². The Morgan fingerprint density at radius 1 is 1.40 bits per heavy atom. The fourth-order valence-electron chi connectivity index (χ4n) is 4.05. The number of likely N-dealkylation sites (tertiary alicyclic amines) is 1. The van der Waals surface area contributed by atoms with E-state index in [9.17, 15) is 4.79 Å². The molecule has 1 fully saturated rings. The summed E-state index contributed by atoms with van der Waals surface area (Å²) in [6.07, 6.45) is 2.92. The summed E-state index contributed by atoms with van der Waals surface area (Å²) < 4.78 is 10.7. The average Bonchev–Trinajstić information content (AvgIpc) is 3.05. The minimum absolute atomic E-state index is 0. The van der Waals surface area contributed by atoms with Crippen molar-refractivity contribution < 1.29 is 14.3 Å². The van der Waals surface area contributed by atoms with Crippen LogP contribution in [0.25, 0.3) is 0 Å². The number of fused-ring (bicyclic) bond motifs is 1. The third kappa shape index (κ3) is 4.27. The number of benzene rings is 1. The molecule has 5 nitrogen and oxygen atoms in total. The van der Waals surface area contributed by atoms with Gasteiger partial charge in [0.1, 0.15) is 5.41 Å². The van der Waals surface area contributed by atoms with Gasteiger partial charge >= 0.3 is 5.97 Å². The molecule has 0 spiro atoms. The molecule has 0 bridgehead atoms. The van der Waals surface area contributed by atoms with E-state index in [4.69, 9.17) is 9.47 Å². The molecule has 3 rings (SSSR count). The van der Waals surface area contributed by atoms with Gasteiger partial charge in [-0.15, -0.1) is 12.4 Å². The molecule has 0 radical (unpaired) electrons. The Kier molecular flexibility index (Phi) is 7.11. The van der Waals surface area contributed by atoms with Crippen LogP contribution in [0.4, 0.5) is 5.69 Å². The predicted molar refractivity (Wildman–Crippen MR) is 101 cm³/mol. The molecule has 2 heterocycles. The molecular formula is C19H29ClN2O3. The van der Waals surface area contributed by atoms with Gasteiger partial charge in [-0.2, -0.15) is 0 Å². The second kappa shape index (κ2) is 8.88. The number of nitrogens with one attached hydrogen (secondary N) is 1. The highest BCUT2D eigenvalue weighted by Crippen LogP contribution is 2.34. The van der Waals surface area contributed by atoms with Crippen molar-refractivity contribution in [3.05, 3.63) is 29.3 Å². The summed E-state index contributed by atoms with van der Waals surface area (Å²) in [6, 6.07) is 6.52. The number of esters is 1. The van der Waals surface area contributed by atoms with Crippen molar-refractivity contribution in [3.63, 3.8) is 0 Å². The third-order valence-electron chi connectivity index (χ3n) is 5.11. The molecule has 2 aliphatic rings. The highest BCUT2D eigenvalue weighted by atomic mass is 35.5. The van der Waals surface area contributed by atoms with Gasteiger partial charge in [0.15, 0.2) is 0 Å².